The first-order valence-electron chi connectivity index (χ1n) is 8.91. The number of hydrogen-bond donors (Lipinski definition) is 2. The lowest BCUT2D eigenvalue weighted by molar-refractivity contribution is 0.0995. The number of carbonyl (C=O) groups excluding carboxylic acids is 2. The molecule has 0 spiro atoms. The number of aryl methyl sites for hydroxylation is 3. The summed E-state index contributed by atoms with van der Waals surface area (Å²) >= 11 is 0. The van der Waals surface area contributed by atoms with Crippen LogP contribution in [0.2, 0.25) is 0 Å². The zero-order chi connectivity index (χ0) is 19.3. The van der Waals surface area contributed by atoms with E-state index in [1.807, 2.05) is 27.0 Å². The Morgan fingerprint density at radius 3 is 2.70 bits per heavy atom. The molecule has 27 heavy (non-hydrogen) atoms. The number of rotatable bonds is 5. The molecule has 3 aromatic rings. The number of nitrogens with two attached hydrogens (primary N) is 1. The SMILES string of the molecule is CCn1cc(NC(=O)c2cc(C3CC3)nc3c2c(C)nn3C)c(C(N)=O)n1. The topological polar surface area (TPSA) is 121 Å². The van der Waals surface area contributed by atoms with Crippen LogP contribution in [-0.4, -0.2) is 36.4 Å². The van der Waals surface area contributed by atoms with Crippen LogP contribution in [-0.2, 0) is 13.6 Å². The Balaban J connectivity index is 1.79. The molecule has 140 valence electrons. The minimum Gasteiger partial charge on any atom is -0.364 e. The summed E-state index contributed by atoms with van der Waals surface area (Å²) in [7, 11) is 1.82. The van der Waals surface area contributed by atoms with Crippen LogP contribution in [0, 0.1) is 6.92 Å². The zero-order valence-electron chi connectivity index (χ0n) is 15.5. The van der Waals surface area contributed by atoms with Crippen molar-refractivity contribution in [3.05, 3.63) is 34.9 Å². The summed E-state index contributed by atoms with van der Waals surface area (Å²) in [4.78, 5) is 29.5. The molecule has 0 atom stereocenters. The molecule has 1 aliphatic rings. The number of primary amides is 1. The minimum atomic E-state index is -0.686. The highest BCUT2D eigenvalue weighted by molar-refractivity contribution is 6.14. The molecule has 2 amide bonds. The van der Waals surface area contributed by atoms with Gasteiger partial charge in [0, 0.05) is 31.4 Å². The van der Waals surface area contributed by atoms with Crippen molar-refractivity contribution in [2.24, 2.45) is 12.8 Å². The van der Waals surface area contributed by atoms with Gasteiger partial charge in [0.25, 0.3) is 11.8 Å². The average Bonchev–Trinajstić information content (AvgIpc) is 3.34. The molecule has 1 aliphatic carbocycles. The molecule has 9 nitrogen and oxygen atoms in total. The lowest BCUT2D eigenvalue weighted by Gasteiger charge is -2.08. The molecule has 0 saturated heterocycles. The van der Waals surface area contributed by atoms with Crippen molar-refractivity contribution in [2.75, 3.05) is 5.32 Å². The Labute approximate surface area is 155 Å². The van der Waals surface area contributed by atoms with Gasteiger partial charge in [0.05, 0.1) is 22.3 Å². The van der Waals surface area contributed by atoms with Crippen LogP contribution in [0.5, 0.6) is 0 Å². The van der Waals surface area contributed by atoms with E-state index in [-0.39, 0.29) is 11.6 Å². The van der Waals surface area contributed by atoms with Crippen LogP contribution >= 0.6 is 0 Å². The van der Waals surface area contributed by atoms with Crippen LogP contribution in [0.15, 0.2) is 12.3 Å². The Kier molecular flexibility index (Phi) is 3.94. The monoisotopic (exact) mass is 367 g/mol. The molecule has 1 fully saturated rings. The number of hydrogen-bond acceptors (Lipinski definition) is 5. The first-order chi connectivity index (χ1) is 12.9. The lowest BCUT2D eigenvalue weighted by atomic mass is 10.1. The fourth-order valence-corrected chi connectivity index (χ4v) is 3.28. The van der Waals surface area contributed by atoms with Gasteiger partial charge in [-0.2, -0.15) is 10.2 Å². The molecule has 4 rings (SSSR count). The second kappa shape index (κ2) is 6.19. The quantitative estimate of drug-likeness (QED) is 0.711. The van der Waals surface area contributed by atoms with E-state index in [0.717, 1.165) is 24.2 Å². The van der Waals surface area contributed by atoms with Crippen LogP contribution in [0.3, 0.4) is 0 Å². The second-order valence-corrected chi connectivity index (χ2v) is 6.84. The number of nitrogens with one attached hydrogen (secondary N) is 1. The predicted octanol–water partition coefficient (Wildman–Crippen LogP) is 1.72. The standard InChI is InChI=1S/C18H21N7O2/c1-4-25-8-13(15(23-25)16(19)26)21-18(27)11-7-12(10-5-6-10)20-17-14(11)9(2)22-24(17)3/h7-8,10H,4-6H2,1-3H3,(H2,19,26)(H,21,27). The van der Waals surface area contributed by atoms with E-state index in [4.69, 9.17) is 10.7 Å². The van der Waals surface area contributed by atoms with Crippen molar-refractivity contribution in [2.45, 2.75) is 39.2 Å². The maximum atomic E-state index is 13.1. The molecule has 0 radical (unpaired) electrons. The van der Waals surface area contributed by atoms with Gasteiger partial charge < -0.3 is 11.1 Å². The van der Waals surface area contributed by atoms with Crippen molar-refractivity contribution in [3.8, 4) is 0 Å². The third kappa shape index (κ3) is 2.94. The van der Waals surface area contributed by atoms with Gasteiger partial charge in [-0.25, -0.2) is 4.98 Å². The van der Waals surface area contributed by atoms with Crippen molar-refractivity contribution in [3.63, 3.8) is 0 Å². The third-order valence-corrected chi connectivity index (χ3v) is 4.80. The van der Waals surface area contributed by atoms with Crippen molar-refractivity contribution in [1.82, 2.24) is 24.5 Å². The summed E-state index contributed by atoms with van der Waals surface area (Å²) in [6.45, 7) is 4.29. The molecular formula is C18H21N7O2. The number of pyridine rings is 1. The highest BCUT2D eigenvalue weighted by atomic mass is 16.2. The fourth-order valence-electron chi connectivity index (χ4n) is 3.28. The van der Waals surface area contributed by atoms with E-state index in [1.165, 1.54) is 0 Å². The molecule has 0 aromatic carbocycles. The Morgan fingerprint density at radius 1 is 1.33 bits per heavy atom. The van der Waals surface area contributed by atoms with E-state index in [2.05, 4.69) is 15.5 Å². The van der Waals surface area contributed by atoms with Gasteiger partial charge in [0.15, 0.2) is 11.3 Å². The summed E-state index contributed by atoms with van der Waals surface area (Å²) in [5.41, 5.74) is 8.54. The average molecular weight is 367 g/mol. The van der Waals surface area contributed by atoms with E-state index in [0.29, 0.717) is 34.7 Å². The molecule has 0 unspecified atom stereocenters. The van der Waals surface area contributed by atoms with Crippen LogP contribution in [0.1, 0.15) is 57.9 Å². The summed E-state index contributed by atoms with van der Waals surface area (Å²) in [5.74, 6) is -0.632. The van der Waals surface area contributed by atoms with E-state index < -0.39 is 5.91 Å². The fraction of sp³-hybridized carbons (Fsp3) is 0.389. The third-order valence-electron chi connectivity index (χ3n) is 4.80. The van der Waals surface area contributed by atoms with Gasteiger partial charge in [0.1, 0.15) is 0 Å². The zero-order valence-corrected chi connectivity index (χ0v) is 15.5. The Hall–Kier alpha value is -3.23. The maximum absolute atomic E-state index is 13.1. The smallest absolute Gasteiger partial charge is 0.271 e. The van der Waals surface area contributed by atoms with E-state index >= 15 is 0 Å². The second-order valence-electron chi connectivity index (χ2n) is 6.84. The largest absolute Gasteiger partial charge is 0.364 e. The molecule has 0 bridgehead atoms. The Morgan fingerprint density at radius 2 is 2.07 bits per heavy atom. The van der Waals surface area contributed by atoms with Gasteiger partial charge >= 0.3 is 0 Å². The first kappa shape index (κ1) is 17.2. The molecular weight excluding hydrogens is 346 g/mol. The van der Waals surface area contributed by atoms with Crippen molar-refractivity contribution >= 4 is 28.5 Å². The van der Waals surface area contributed by atoms with Crippen molar-refractivity contribution in [1.29, 1.82) is 0 Å². The van der Waals surface area contributed by atoms with Gasteiger partial charge in [0.2, 0.25) is 0 Å². The number of aromatic nitrogens is 5. The van der Waals surface area contributed by atoms with Crippen LogP contribution < -0.4 is 11.1 Å². The van der Waals surface area contributed by atoms with Gasteiger partial charge in [-0.3, -0.25) is 19.0 Å². The molecule has 3 aromatic heterocycles. The Bertz CT molecular complexity index is 1080. The van der Waals surface area contributed by atoms with E-state index in [1.54, 1.807) is 15.6 Å². The molecule has 9 heteroatoms. The van der Waals surface area contributed by atoms with Gasteiger partial charge in [-0.15, -0.1) is 0 Å². The normalized spacial score (nSPS) is 13.9. The summed E-state index contributed by atoms with van der Waals surface area (Å²) in [6.07, 6.45) is 3.76. The van der Waals surface area contributed by atoms with Crippen LogP contribution in [0.4, 0.5) is 5.69 Å². The number of anilines is 1. The number of carbonyl (C=O) groups is 2. The number of fused-ring (bicyclic) bond motifs is 1. The highest BCUT2D eigenvalue weighted by Gasteiger charge is 2.29. The molecule has 1 saturated carbocycles. The summed E-state index contributed by atoms with van der Waals surface area (Å²) < 4.78 is 3.25. The van der Waals surface area contributed by atoms with Gasteiger partial charge in [-0.05, 0) is 32.8 Å². The molecule has 3 N–H and O–H groups in total. The number of nitrogens with zero attached hydrogens (tertiary/aromatic N) is 5. The van der Waals surface area contributed by atoms with Crippen molar-refractivity contribution < 1.29 is 9.59 Å². The highest BCUT2D eigenvalue weighted by Crippen LogP contribution is 2.40. The summed E-state index contributed by atoms with van der Waals surface area (Å²) in [6, 6.07) is 1.83. The maximum Gasteiger partial charge on any atom is 0.271 e. The molecule has 3 heterocycles. The summed E-state index contributed by atoms with van der Waals surface area (Å²) in [5, 5.41) is 12.0. The van der Waals surface area contributed by atoms with Gasteiger partial charge in [-0.1, -0.05) is 0 Å². The lowest BCUT2D eigenvalue weighted by Crippen LogP contribution is -2.18. The van der Waals surface area contributed by atoms with Crippen LogP contribution in [0.25, 0.3) is 11.0 Å². The predicted molar refractivity (Wildman–Crippen MR) is 99.6 cm³/mol. The van der Waals surface area contributed by atoms with E-state index in [9.17, 15) is 9.59 Å². The number of amides is 2. The first-order valence-corrected chi connectivity index (χ1v) is 8.91. The molecule has 0 aliphatic heterocycles. The minimum absolute atomic E-state index is 0.0424.